The molecular weight excluding hydrogens is 284 g/mol. The van der Waals surface area contributed by atoms with Gasteiger partial charge in [0.25, 0.3) is 0 Å². The van der Waals surface area contributed by atoms with Crippen molar-refractivity contribution in [2.75, 3.05) is 13.2 Å². The van der Waals surface area contributed by atoms with E-state index >= 15 is 0 Å². The smallest absolute Gasteiger partial charge is 0.313 e. The summed E-state index contributed by atoms with van der Waals surface area (Å²) in [6.07, 6.45) is 1.35. The molecule has 1 saturated carbocycles. The first-order chi connectivity index (χ1) is 9.90. The normalized spacial score (nSPS) is 22.8. The molecule has 1 rings (SSSR count). The minimum absolute atomic E-state index is 0.0100. The van der Waals surface area contributed by atoms with Gasteiger partial charge >= 0.3 is 11.9 Å². The van der Waals surface area contributed by atoms with Crippen molar-refractivity contribution in [1.29, 1.82) is 0 Å². The maximum Gasteiger partial charge on any atom is 0.313 e. The second-order valence-electron chi connectivity index (χ2n) is 8.12. The Morgan fingerprint density at radius 3 is 1.95 bits per heavy atom. The minimum atomic E-state index is -0.584. The van der Waals surface area contributed by atoms with Gasteiger partial charge in [-0.2, -0.15) is 0 Å². The molecule has 0 saturated heterocycles. The zero-order valence-electron chi connectivity index (χ0n) is 14.6. The number of hydrogen-bond acceptors (Lipinski definition) is 5. The van der Waals surface area contributed by atoms with E-state index in [2.05, 4.69) is 34.6 Å². The summed E-state index contributed by atoms with van der Waals surface area (Å²) in [5, 5.41) is 0. The van der Waals surface area contributed by atoms with Crippen molar-refractivity contribution in [3.63, 3.8) is 0 Å². The van der Waals surface area contributed by atoms with Crippen LogP contribution in [0.2, 0.25) is 0 Å². The summed E-state index contributed by atoms with van der Waals surface area (Å²) >= 11 is 0. The quantitative estimate of drug-likeness (QED) is 0.411. The van der Waals surface area contributed by atoms with Crippen molar-refractivity contribution >= 4 is 17.7 Å². The highest BCUT2D eigenvalue weighted by molar-refractivity contribution is 5.94. The van der Waals surface area contributed by atoms with Crippen LogP contribution < -0.4 is 0 Å². The van der Waals surface area contributed by atoms with Crippen LogP contribution in [0.25, 0.3) is 0 Å². The van der Waals surface area contributed by atoms with E-state index in [-0.39, 0.29) is 42.2 Å². The average Bonchev–Trinajstić information content (AvgIpc) is 2.83. The van der Waals surface area contributed by atoms with Crippen LogP contribution in [0, 0.1) is 16.2 Å². The molecule has 1 unspecified atom stereocenters. The van der Waals surface area contributed by atoms with Crippen molar-refractivity contribution in [3.05, 3.63) is 0 Å². The summed E-state index contributed by atoms with van der Waals surface area (Å²) < 4.78 is 10.2. The van der Waals surface area contributed by atoms with Gasteiger partial charge in [0.15, 0.2) is 0 Å². The Kier molecular flexibility index (Phi) is 5.42. The molecule has 0 radical (unpaired) electrons. The fourth-order valence-corrected chi connectivity index (χ4v) is 3.02. The Balaban J connectivity index is 2.44. The van der Waals surface area contributed by atoms with Gasteiger partial charge in [-0.05, 0) is 30.6 Å². The summed E-state index contributed by atoms with van der Waals surface area (Å²) in [6.45, 7) is 11.8. The van der Waals surface area contributed by atoms with E-state index in [0.29, 0.717) is 0 Å². The summed E-state index contributed by atoms with van der Waals surface area (Å²) in [5.74, 6) is -1.04. The summed E-state index contributed by atoms with van der Waals surface area (Å²) in [6, 6.07) is 0. The maximum absolute atomic E-state index is 12.4. The standard InChI is InChI=1S/C17H28O5/c1-12(18)9-13(19)21-7-8-22-14(20)17(10-15(2,3)4)11-16(17,5)6/h7-11H2,1-6H3. The van der Waals surface area contributed by atoms with Crippen LogP contribution in [0.1, 0.15) is 60.8 Å². The predicted octanol–water partition coefficient (Wildman–Crippen LogP) is 2.90. The number of Topliss-reactive ketones (excluding diaryl/α,β-unsaturated/α-hetero) is 1. The third kappa shape index (κ3) is 4.82. The van der Waals surface area contributed by atoms with E-state index in [0.717, 1.165) is 12.8 Å². The Bertz CT molecular complexity index is 458. The van der Waals surface area contributed by atoms with E-state index < -0.39 is 11.4 Å². The highest BCUT2D eigenvalue weighted by atomic mass is 16.6. The van der Waals surface area contributed by atoms with Crippen molar-refractivity contribution in [3.8, 4) is 0 Å². The van der Waals surface area contributed by atoms with Gasteiger partial charge in [-0.1, -0.05) is 34.6 Å². The summed E-state index contributed by atoms with van der Waals surface area (Å²) in [5.41, 5.74) is -0.446. The predicted molar refractivity (Wildman–Crippen MR) is 82.1 cm³/mol. The first-order valence-corrected chi connectivity index (χ1v) is 7.72. The Hall–Kier alpha value is -1.39. The Labute approximate surface area is 132 Å². The molecule has 5 nitrogen and oxygen atoms in total. The molecule has 0 heterocycles. The van der Waals surface area contributed by atoms with Gasteiger partial charge < -0.3 is 9.47 Å². The van der Waals surface area contributed by atoms with Gasteiger partial charge in [0, 0.05) is 0 Å². The summed E-state index contributed by atoms with van der Waals surface area (Å²) in [7, 11) is 0. The fraction of sp³-hybridized carbons (Fsp3) is 0.824. The number of ether oxygens (including phenoxy) is 2. The molecule has 0 N–H and O–H groups in total. The van der Waals surface area contributed by atoms with Gasteiger partial charge in [-0.3, -0.25) is 14.4 Å². The van der Waals surface area contributed by atoms with E-state index in [4.69, 9.17) is 9.47 Å². The molecule has 0 bridgehead atoms. The number of esters is 2. The SMILES string of the molecule is CC(=O)CC(=O)OCCOC(=O)C1(CC(C)(C)C)CC1(C)C. The molecule has 0 aliphatic heterocycles. The van der Waals surface area contributed by atoms with Crippen molar-refractivity contribution < 1.29 is 23.9 Å². The van der Waals surface area contributed by atoms with E-state index in [9.17, 15) is 14.4 Å². The molecule has 1 aliphatic carbocycles. The van der Waals surface area contributed by atoms with Gasteiger partial charge in [0.05, 0.1) is 5.41 Å². The Morgan fingerprint density at radius 1 is 1.05 bits per heavy atom. The Morgan fingerprint density at radius 2 is 1.55 bits per heavy atom. The van der Waals surface area contributed by atoms with Crippen molar-refractivity contribution in [1.82, 2.24) is 0 Å². The number of carbonyl (C=O) groups excluding carboxylic acids is 3. The molecule has 0 aromatic heterocycles. The fourth-order valence-electron chi connectivity index (χ4n) is 3.02. The molecule has 22 heavy (non-hydrogen) atoms. The number of hydrogen-bond donors (Lipinski definition) is 0. The largest absolute Gasteiger partial charge is 0.462 e. The van der Waals surface area contributed by atoms with Crippen LogP contribution >= 0.6 is 0 Å². The monoisotopic (exact) mass is 312 g/mol. The zero-order valence-corrected chi connectivity index (χ0v) is 14.6. The minimum Gasteiger partial charge on any atom is -0.462 e. The zero-order chi connectivity index (χ0) is 17.2. The van der Waals surface area contributed by atoms with Gasteiger partial charge in [0.1, 0.15) is 25.4 Å². The van der Waals surface area contributed by atoms with Crippen LogP contribution in [0.15, 0.2) is 0 Å². The van der Waals surface area contributed by atoms with Crippen LogP contribution in [-0.4, -0.2) is 30.9 Å². The lowest BCUT2D eigenvalue weighted by Gasteiger charge is -2.27. The molecule has 0 aromatic carbocycles. The van der Waals surface area contributed by atoms with E-state index in [1.807, 2.05) is 0 Å². The van der Waals surface area contributed by atoms with Gasteiger partial charge in [-0.15, -0.1) is 0 Å². The number of rotatable bonds is 7. The molecule has 0 amide bonds. The van der Waals surface area contributed by atoms with Crippen LogP contribution in [0.5, 0.6) is 0 Å². The van der Waals surface area contributed by atoms with Crippen molar-refractivity contribution in [2.24, 2.45) is 16.2 Å². The molecule has 1 fully saturated rings. The van der Waals surface area contributed by atoms with Crippen LogP contribution in [0.4, 0.5) is 0 Å². The molecule has 0 aromatic rings. The molecule has 5 heteroatoms. The summed E-state index contributed by atoms with van der Waals surface area (Å²) in [4.78, 5) is 34.4. The third-order valence-electron chi connectivity index (χ3n) is 4.11. The highest BCUT2D eigenvalue weighted by Gasteiger charge is 2.67. The highest BCUT2D eigenvalue weighted by Crippen LogP contribution is 2.68. The van der Waals surface area contributed by atoms with Crippen molar-refractivity contribution in [2.45, 2.75) is 60.8 Å². The molecule has 126 valence electrons. The molecule has 0 spiro atoms. The lowest BCUT2D eigenvalue weighted by atomic mass is 9.79. The topological polar surface area (TPSA) is 69.7 Å². The first-order valence-electron chi connectivity index (χ1n) is 7.72. The molecule has 1 aliphatic rings. The van der Waals surface area contributed by atoms with Crippen LogP contribution in [-0.2, 0) is 23.9 Å². The van der Waals surface area contributed by atoms with E-state index in [1.54, 1.807) is 0 Å². The second-order valence-corrected chi connectivity index (χ2v) is 8.12. The first kappa shape index (κ1) is 18.7. The number of carbonyl (C=O) groups is 3. The van der Waals surface area contributed by atoms with E-state index in [1.165, 1.54) is 6.92 Å². The molecule has 1 atom stereocenters. The maximum atomic E-state index is 12.4. The second kappa shape index (κ2) is 6.39. The number of ketones is 1. The average molecular weight is 312 g/mol. The van der Waals surface area contributed by atoms with Gasteiger partial charge in [-0.25, -0.2) is 0 Å². The van der Waals surface area contributed by atoms with Gasteiger partial charge in [0.2, 0.25) is 0 Å². The third-order valence-corrected chi connectivity index (χ3v) is 4.11. The lowest BCUT2D eigenvalue weighted by Crippen LogP contribution is -2.30. The van der Waals surface area contributed by atoms with Crippen LogP contribution in [0.3, 0.4) is 0 Å². The lowest BCUT2D eigenvalue weighted by molar-refractivity contribution is -0.159. The molecular formula is C17H28O5.